The summed E-state index contributed by atoms with van der Waals surface area (Å²) in [6.45, 7) is 10.1. The standard InChI is InChI=1S/C15H23N5/c1-5-17-14-19-18-13(20(14)6-2)15(3,4)11-7-9-12(16)10-8-11/h7-10H,5-6,16H2,1-4H3,(H,17,19). The van der Waals surface area contributed by atoms with E-state index in [0.717, 1.165) is 30.5 Å². The van der Waals surface area contributed by atoms with Gasteiger partial charge >= 0.3 is 0 Å². The van der Waals surface area contributed by atoms with Crippen molar-refractivity contribution in [2.75, 3.05) is 17.6 Å². The first-order chi connectivity index (χ1) is 9.50. The van der Waals surface area contributed by atoms with Crippen molar-refractivity contribution in [1.82, 2.24) is 14.8 Å². The van der Waals surface area contributed by atoms with E-state index in [1.54, 1.807) is 0 Å². The summed E-state index contributed by atoms with van der Waals surface area (Å²) in [5, 5.41) is 11.9. The molecule has 5 heteroatoms. The molecule has 0 atom stereocenters. The molecular weight excluding hydrogens is 250 g/mol. The Labute approximate surface area is 120 Å². The second kappa shape index (κ2) is 5.53. The van der Waals surface area contributed by atoms with Gasteiger partial charge < -0.3 is 11.1 Å². The van der Waals surface area contributed by atoms with Crippen molar-refractivity contribution in [3.05, 3.63) is 35.7 Å². The normalized spacial score (nSPS) is 11.6. The summed E-state index contributed by atoms with van der Waals surface area (Å²) in [6.07, 6.45) is 0. The van der Waals surface area contributed by atoms with Gasteiger partial charge in [0.15, 0.2) is 0 Å². The molecule has 0 bridgehead atoms. The molecule has 0 saturated carbocycles. The number of rotatable bonds is 5. The summed E-state index contributed by atoms with van der Waals surface area (Å²) >= 11 is 0. The van der Waals surface area contributed by atoms with Crippen molar-refractivity contribution in [3.8, 4) is 0 Å². The van der Waals surface area contributed by atoms with Crippen LogP contribution >= 0.6 is 0 Å². The monoisotopic (exact) mass is 273 g/mol. The number of nitrogens with one attached hydrogen (secondary N) is 1. The van der Waals surface area contributed by atoms with Crippen molar-refractivity contribution in [2.45, 2.75) is 39.7 Å². The fraction of sp³-hybridized carbons (Fsp3) is 0.467. The van der Waals surface area contributed by atoms with Crippen LogP contribution in [0.2, 0.25) is 0 Å². The maximum Gasteiger partial charge on any atom is 0.224 e. The Kier molecular flexibility index (Phi) is 3.97. The molecule has 1 heterocycles. The van der Waals surface area contributed by atoms with E-state index in [0.29, 0.717) is 0 Å². The minimum absolute atomic E-state index is 0.218. The van der Waals surface area contributed by atoms with Gasteiger partial charge in [-0.2, -0.15) is 0 Å². The van der Waals surface area contributed by atoms with Crippen LogP contribution in [0.4, 0.5) is 11.6 Å². The molecule has 0 unspecified atom stereocenters. The molecule has 2 rings (SSSR count). The third-order valence-electron chi connectivity index (χ3n) is 3.59. The van der Waals surface area contributed by atoms with Crippen LogP contribution in [0.15, 0.2) is 24.3 Å². The topological polar surface area (TPSA) is 68.8 Å². The van der Waals surface area contributed by atoms with Crippen LogP contribution in [-0.2, 0) is 12.0 Å². The van der Waals surface area contributed by atoms with Crippen molar-refractivity contribution in [3.63, 3.8) is 0 Å². The molecule has 1 aromatic carbocycles. The van der Waals surface area contributed by atoms with E-state index in [2.05, 4.69) is 59.9 Å². The molecule has 0 aliphatic rings. The first-order valence-corrected chi connectivity index (χ1v) is 7.04. The summed E-state index contributed by atoms with van der Waals surface area (Å²) < 4.78 is 2.12. The van der Waals surface area contributed by atoms with E-state index in [1.807, 2.05) is 12.1 Å². The van der Waals surface area contributed by atoms with Crippen molar-refractivity contribution >= 4 is 11.6 Å². The Balaban J connectivity index is 2.45. The van der Waals surface area contributed by atoms with Gasteiger partial charge in [0.05, 0.1) is 0 Å². The Morgan fingerprint density at radius 1 is 1.15 bits per heavy atom. The molecule has 0 radical (unpaired) electrons. The minimum Gasteiger partial charge on any atom is -0.399 e. The number of nitrogen functional groups attached to an aromatic ring is 1. The van der Waals surface area contributed by atoms with Crippen LogP contribution in [0.5, 0.6) is 0 Å². The van der Waals surface area contributed by atoms with Gasteiger partial charge in [0.2, 0.25) is 5.95 Å². The first kappa shape index (κ1) is 14.4. The number of aromatic nitrogens is 3. The molecule has 3 N–H and O–H groups in total. The van der Waals surface area contributed by atoms with Gasteiger partial charge in [0.25, 0.3) is 0 Å². The molecule has 2 aromatic rings. The van der Waals surface area contributed by atoms with E-state index in [9.17, 15) is 0 Å². The van der Waals surface area contributed by atoms with Crippen LogP contribution in [0.1, 0.15) is 39.1 Å². The molecule has 0 amide bonds. The summed E-state index contributed by atoms with van der Waals surface area (Å²) in [4.78, 5) is 0. The highest BCUT2D eigenvalue weighted by atomic mass is 15.4. The lowest BCUT2D eigenvalue weighted by atomic mass is 9.83. The molecule has 0 saturated heterocycles. The fourth-order valence-electron chi connectivity index (χ4n) is 2.38. The average Bonchev–Trinajstić information content (AvgIpc) is 2.83. The maximum absolute atomic E-state index is 5.77. The van der Waals surface area contributed by atoms with Crippen LogP contribution in [0, 0.1) is 0 Å². The predicted octanol–water partition coefficient (Wildman–Crippen LogP) is 2.64. The first-order valence-electron chi connectivity index (χ1n) is 7.04. The van der Waals surface area contributed by atoms with Crippen LogP contribution < -0.4 is 11.1 Å². The third-order valence-corrected chi connectivity index (χ3v) is 3.59. The van der Waals surface area contributed by atoms with E-state index < -0.39 is 0 Å². The molecule has 5 nitrogen and oxygen atoms in total. The van der Waals surface area contributed by atoms with Gasteiger partial charge in [0.1, 0.15) is 5.82 Å². The molecule has 20 heavy (non-hydrogen) atoms. The van der Waals surface area contributed by atoms with Gasteiger partial charge in [-0.15, -0.1) is 10.2 Å². The summed E-state index contributed by atoms with van der Waals surface area (Å²) in [5.41, 5.74) is 7.50. The lowest BCUT2D eigenvalue weighted by Gasteiger charge is -2.25. The van der Waals surface area contributed by atoms with Crippen molar-refractivity contribution in [1.29, 1.82) is 0 Å². The Morgan fingerprint density at radius 3 is 2.35 bits per heavy atom. The zero-order valence-corrected chi connectivity index (χ0v) is 12.6. The smallest absolute Gasteiger partial charge is 0.224 e. The zero-order valence-electron chi connectivity index (χ0n) is 12.6. The van der Waals surface area contributed by atoms with E-state index in [-0.39, 0.29) is 5.41 Å². The van der Waals surface area contributed by atoms with Gasteiger partial charge in [-0.25, -0.2) is 0 Å². The number of nitrogens with zero attached hydrogens (tertiary/aromatic N) is 3. The molecule has 108 valence electrons. The second-order valence-electron chi connectivity index (χ2n) is 5.37. The Morgan fingerprint density at radius 2 is 1.80 bits per heavy atom. The lowest BCUT2D eigenvalue weighted by Crippen LogP contribution is -2.25. The largest absolute Gasteiger partial charge is 0.399 e. The Hall–Kier alpha value is -2.04. The quantitative estimate of drug-likeness (QED) is 0.822. The number of benzene rings is 1. The predicted molar refractivity (Wildman–Crippen MR) is 82.8 cm³/mol. The van der Waals surface area contributed by atoms with Gasteiger partial charge in [-0.3, -0.25) is 4.57 Å². The van der Waals surface area contributed by atoms with Crippen molar-refractivity contribution in [2.24, 2.45) is 0 Å². The molecule has 0 aliphatic carbocycles. The second-order valence-corrected chi connectivity index (χ2v) is 5.37. The van der Waals surface area contributed by atoms with Crippen LogP contribution in [0.3, 0.4) is 0 Å². The molecular formula is C15H23N5. The molecule has 0 spiro atoms. The molecule has 0 fully saturated rings. The van der Waals surface area contributed by atoms with Gasteiger partial charge in [0, 0.05) is 24.2 Å². The molecule has 0 aliphatic heterocycles. The van der Waals surface area contributed by atoms with Gasteiger partial charge in [-0.05, 0) is 45.4 Å². The lowest BCUT2D eigenvalue weighted by molar-refractivity contribution is 0.541. The van der Waals surface area contributed by atoms with E-state index in [4.69, 9.17) is 5.73 Å². The van der Waals surface area contributed by atoms with E-state index >= 15 is 0 Å². The summed E-state index contributed by atoms with van der Waals surface area (Å²) in [7, 11) is 0. The SMILES string of the molecule is CCNc1nnc(C(C)(C)c2ccc(N)cc2)n1CC. The number of hydrogen-bond donors (Lipinski definition) is 2. The number of hydrogen-bond acceptors (Lipinski definition) is 4. The minimum atomic E-state index is -0.218. The maximum atomic E-state index is 5.77. The van der Waals surface area contributed by atoms with E-state index in [1.165, 1.54) is 5.56 Å². The van der Waals surface area contributed by atoms with Crippen LogP contribution in [0.25, 0.3) is 0 Å². The Bertz CT molecular complexity index is 568. The number of anilines is 2. The summed E-state index contributed by atoms with van der Waals surface area (Å²) in [6, 6.07) is 7.96. The highest BCUT2D eigenvalue weighted by Gasteiger charge is 2.30. The zero-order chi connectivity index (χ0) is 14.8. The fourth-order valence-corrected chi connectivity index (χ4v) is 2.38. The highest BCUT2D eigenvalue weighted by molar-refractivity contribution is 5.43. The highest BCUT2D eigenvalue weighted by Crippen LogP contribution is 2.31. The van der Waals surface area contributed by atoms with Crippen LogP contribution in [-0.4, -0.2) is 21.3 Å². The number of nitrogens with two attached hydrogens (primary N) is 1. The average molecular weight is 273 g/mol. The summed E-state index contributed by atoms with van der Waals surface area (Å²) in [5.74, 6) is 1.79. The van der Waals surface area contributed by atoms with Gasteiger partial charge in [-0.1, -0.05) is 12.1 Å². The molecule has 1 aromatic heterocycles. The van der Waals surface area contributed by atoms with Crippen molar-refractivity contribution < 1.29 is 0 Å². The third kappa shape index (κ3) is 2.48.